The fraction of sp³-hybridized carbons (Fsp3) is 0.538. The Kier molecular flexibility index (Phi) is 3.72. The van der Waals surface area contributed by atoms with Gasteiger partial charge in [0, 0.05) is 18.8 Å². The maximum absolute atomic E-state index is 3.45. The van der Waals surface area contributed by atoms with Gasteiger partial charge in [-0.05, 0) is 49.5 Å². The van der Waals surface area contributed by atoms with E-state index in [0.717, 1.165) is 13.1 Å². The van der Waals surface area contributed by atoms with Crippen LogP contribution >= 0.6 is 12.4 Å². The molecule has 2 aliphatic heterocycles. The summed E-state index contributed by atoms with van der Waals surface area (Å²) in [5.41, 5.74) is 4.47. The first-order valence-corrected chi connectivity index (χ1v) is 6.00. The van der Waals surface area contributed by atoms with Crippen molar-refractivity contribution in [1.29, 1.82) is 0 Å². The number of hydrogen-bond donors (Lipinski definition) is 1. The number of anilines is 1. The summed E-state index contributed by atoms with van der Waals surface area (Å²) in [6.45, 7) is 4.85. The van der Waals surface area contributed by atoms with E-state index in [1.165, 1.54) is 38.0 Å². The first-order chi connectivity index (χ1) is 7.43. The number of hydrogen-bond acceptors (Lipinski definition) is 2. The highest BCUT2D eigenvalue weighted by molar-refractivity contribution is 5.85. The minimum Gasteiger partial charge on any atom is -0.384 e. The zero-order chi connectivity index (χ0) is 10.1. The monoisotopic (exact) mass is 238 g/mol. The molecule has 3 heteroatoms. The normalized spacial score (nSPS) is 19.0. The van der Waals surface area contributed by atoms with Crippen molar-refractivity contribution in [2.24, 2.45) is 0 Å². The standard InChI is InChI=1S/C13H18N2.ClH/c1-2-9-15(8-1)10-11-4-3-5-13-12(11)6-7-14-13;/h3-5,14H,1-2,6-10H2;1H. The number of halogens is 1. The van der Waals surface area contributed by atoms with E-state index in [4.69, 9.17) is 0 Å². The van der Waals surface area contributed by atoms with Crippen LogP contribution in [0.1, 0.15) is 24.0 Å². The van der Waals surface area contributed by atoms with Crippen LogP contribution in [0.3, 0.4) is 0 Å². The van der Waals surface area contributed by atoms with Crippen molar-refractivity contribution in [1.82, 2.24) is 4.90 Å². The molecule has 2 nitrogen and oxygen atoms in total. The lowest BCUT2D eigenvalue weighted by molar-refractivity contribution is 0.330. The molecule has 0 atom stereocenters. The SMILES string of the molecule is Cl.c1cc(CN2CCCC2)c2c(c1)NCC2. The van der Waals surface area contributed by atoms with E-state index in [2.05, 4.69) is 28.4 Å². The van der Waals surface area contributed by atoms with Gasteiger partial charge in [0.05, 0.1) is 0 Å². The van der Waals surface area contributed by atoms with Gasteiger partial charge in [-0.3, -0.25) is 4.90 Å². The second-order valence-electron chi connectivity index (χ2n) is 4.60. The Balaban J connectivity index is 0.000000963. The third-order valence-electron chi connectivity index (χ3n) is 3.56. The molecule has 88 valence electrons. The van der Waals surface area contributed by atoms with Crippen molar-refractivity contribution in [3.63, 3.8) is 0 Å². The van der Waals surface area contributed by atoms with Crippen molar-refractivity contribution in [3.8, 4) is 0 Å². The van der Waals surface area contributed by atoms with Crippen LogP contribution in [0.4, 0.5) is 5.69 Å². The first kappa shape index (κ1) is 11.7. The number of likely N-dealkylation sites (tertiary alicyclic amines) is 1. The Morgan fingerprint density at radius 3 is 2.81 bits per heavy atom. The van der Waals surface area contributed by atoms with Crippen LogP contribution in [-0.4, -0.2) is 24.5 Å². The van der Waals surface area contributed by atoms with Crippen LogP contribution in [0.15, 0.2) is 18.2 Å². The molecule has 16 heavy (non-hydrogen) atoms. The van der Waals surface area contributed by atoms with Gasteiger partial charge in [-0.2, -0.15) is 0 Å². The average molecular weight is 239 g/mol. The van der Waals surface area contributed by atoms with Gasteiger partial charge >= 0.3 is 0 Å². The number of benzene rings is 1. The summed E-state index contributed by atoms with van der Waals surface area (Å²) in [7, 11) is 0. The molecule has 0 unspecified atom stereocenters. The van der Waals surface area contributed by atoms with Crippen molar-refractivity contribution in [2.75, 3.05) is 25.0 Å². The van der Waals surface area contributed by atoms with Crippen LogP contribution in [-0.2, 0) is 13.0 Å². The smallest absolute Gasteiger partial charge is 0.0376 e. The molecule has 1 aromatic carbocycles. The molecule has 1 N–H and O–H groups in total. The second-order valence-corrected chi connectivity index (χ2v) is 4.60. The topological polar surface area (TPSA) is 15.3 Å². The van der Waals surface area contributed by atoms with Crippen LogP contribution in [0.5, 0.6) is 0 Å². The maximum Gasteiger partial charge on any atom is 0.0376 e. The summed E-state index contributed by atoms with van der Waals surface area (Å²) in [6.07, 6.45) is 3.97. The fourth-order valence-electron chi connectivity index (χ4n) is 2.75. The summed E-state index contributed by atoms with van der Waals surface area (Å²) in [4.78, 5) is 2.58. The van der Waals surface area contributed by atoms with E-state index in [1.54, 1.807) is 11.1 Å². The first-order valence-electron chi connectivity index (χ1n) is 6.00. The van der Waals surface area contributed by atoms with Gasteiger partial charge in [0.2, 0.25) is 0 Å². The highest BCUT2D eigenvalue weighted by Crippen LogP contribution is 2.27. The zero-order valence-corrected chi connectivity index (χ0v) is 10.4. The number of nitrogens with zero attached hydrogens (tertiary/aromatic N) is 1. The molecule has 0 radical (unpaired) electrons. The summed E-state index contributed by atoms with van der Waals surface area (Å²) in [6, 6.07) is 6.68. The third-order valence-corrected chi connectivity index (χ3v) is 3.56. The van der Waals surface area contributed by atoms with Crippen molar-refractivity contribution in [3.05, 3.63) is 29.3 Å². The van der Waals surface area contributed by atoms with Crippen LogP contribution in [0, 0.1) is 0 Å². The molecule has 3 rings (SSSR count). The lowest BCUT2D eigenvalue weighted by Crippen LogP contribution is -2.19. The van der Waals surface area contributed by atoms with Gasteiger partial charge in [0.15, 0.2) is 0 Å². The molecule has 0 amide bonds. The predicted molar refractivity (Wildman–Crippen MR) is 70.4 cm³/mol. The van der Waals surface area contributed by atoms with Crippen molar-refractivity contribution >= 4 is 18.1 Å². The van der Waals surface area contributed by atoms with E-state index in [1.807, 2.05) is 0 Å². The molecule has 0 spiro atoms. The number of fused-ring (bicyclic) bond motifs is 1. The van der Waals surface area contributed by atoms with Gasteiger partial charge in [0.1, 0.15) is 0 Å². The highest BCUT2D eigenvalue weighted by atomic mass is 35.5. The van der Waals surface area contributed by atoms with E-state index in [-0.39, 0.29) is 12.4 Å². The van der Waals surface area contributed by atoms with Crippen LogP contribution in [0.25, 0.3) is 0 Å². The van der Waals surface area contributed by atoms with Crippen LogP contribution < -0.4 is 5.32 Å². The quantitative estimate of drug-likeness (QED) is 0.852. The average Bonchev–Trinajstić information content (AvgIpc) is 2.87. The Morgan fingerprint density at radius 1 is 1.19 bits per heavy atom. The lowest BCUT2D eigenvalue weighted by atomic mass is 10.0. The van der Waals surface area contributed by atoms with E-state index in [9.17, 15) is 0 Å². The molecule has 1 saturated heterocycles. The van der Waals surface area contributed by atoms with E-state index < -0.39 is 0 Å². The zero-order valence-electron chi connectivity index (χ0n) is 9.54. The summed E-state index contributed by atoms with van der Waals surface area (Å²) < 4.78 is 0. The van der Waals surface area contributed by atoms with E-state index in [0.29, 0.717) is 0 Å². The van der Waals surface area contributed by atoms with E-state index >= 15 is 0 Å². The molecule has 0 aromatic heterocycles. The fourth-order valence-corrected chi connectivity index (χ4v) is 2.75. The Labute approximate surface area is 103 Å². The van der Waals surface area contributed by atoms with Crippen molar-refractivity contribution in [2.45, 2.75) is 25.8 Å². The molecule has 0 aliphatic carbocycles. The lowest BCUT2D eigenvalue weighted by Gasteiger charge is -2.16. The van der Waals surface area contributed by atoms with Gasteiger partial charge < -0.3 is 5.32 Å². The van der Waals surface area contributed by atoms with Crippen LogP contribution in [0.2, 0.25) is 0 Å². The minimum atomic E-state index is 0. The largest absolute Gasteiger partial charge is 0.384 e. The Bertz CT molecular complexity index is 359. The highest BCUT2D eigenvalue weighted by Gasteiger charge is 2.17. The van der Waals surface area contributed by atoms with Gasteiger partial charge in [-0.25, -0.2) is 0 Å². The maximum atomic E-state index is 3.45. The molecule has 1 aromatic rings. The summed E-state index contributed by atoms with van der Waals surface area (Å²) >= 11 is 0. The minimum absolute atomic E-state index is 0. The third kappa shape index (κ3) is 2.18. The van der Waals surface area contributed by atoms with Gasteiger partial charge in [-0.15, -0.1) is 12.4 Å². The molecule has 2 heterocycles. The Hall–Kier alpha value is -0.730. The second kappa shape index (κ2) is 5.07. The molecule has 0 saturated carbocycles. The summed E-state index contributed by atoms with van der Waals surface area (Å²) in [5.74, 6) is 0. The molecular weight excluding hydrogens is 220 g/mol. The predicted octanol–water partition coefficient (Wildman–Crippen LogP) is 2.67. The molecule has 1 fully saturated rings. The number of rotatable bonds is 2. The molecule has 0 bridgehead atoms. The van der Waals surface area contributed by atoms with Gasteiger partial charge in [0.25, 0.3) is 0 Å². The number of nitrogens with one attached hydrogen (secondary N) is 1. The summed E-state index contributed by atoms with van der Waals surface area (Å²) in [5, 5.41) is 3.45. The molecule has 2 aliphatic rings. The molecular formula is C13H19ClN2. The Morgan fingerprint density at radius 2 is 2.00 bits per heavy atom. The van der Waals surface area contributed by atoms with Crippen molar-refractivity contribution < 1.29 is 0 Å². The van der Waals surface area contributed by atoms with Gasteiger partial charge in [-0.1, -0.05) is 12.1 Å².